The van der Waals surface area contributed by atoms with Crippen LogP contribution in [0.4, 0.5) is 0 Å². The van der Waals surface area contributed by atoms with Gasteiger partial charge in [0.05, 0.1) is 0 Å². The second kappa shape index (κ2) is 6.07. The fourth-order valence-electron chi connectivity index (χ4n) is 2.93. The fourth-order valence-corrected chi connectivity index (χ4v) is 3.13. The maximum Gasteiger partial charge on any atom is -0.0175 e. The number of benzene rings is 3. The molecule has 1 heteroatoms. The van der Waals surface area contributed by atoms with Crippen LogP contribution in [0.2, 0.25) is 0 Å². The molecule has 0 nitrogen and oxygen atoms in total. The minimum atomic E-state index is 1.21. The summed E-state index contributed by atoms with van der Waals surface area (Å²) in [6.45, 7) is 6.48. The number of rotatable bonds is 2. The molecule has 0 amide bonds. The molecule has 22 heavy (non-hydrogen) atoms. The van der Waals surface area contributed by atoms with Gasteiger partial charge in [-0.2, -0.15) is 0 Å². The topological polar surface area (TPSA) is 0 Å². The third-order valence-electron chi connectivity index (χ3n) is 3.88. The Morgan fingerprint density at radius 1 is 0.500 bits per heavy atom. The maximum atomic E-state index is 2.74. The minimum Gasteiger partial charge on any atom is -0.106 e. The first-order valence-electron chi connectivity index (χ1n) is 7.57. The molecular weight excluding hydrogens is 283 g/mol. The Bertz CT molecular complexity index is 794. The van der Waals surface area contributed by atoms with Gasteiger partial charge in [0.1, 0.15) is 0 Å². The van der Waals surface area contributed by atoms with Crippen molar-refractivity contribution in [2.45, 2.75) is 20.8 Å². The van der Waals surface area contributed by atoms with Gasteiger partial charge in [0.15, 0.2) is 0 Å². The van der Waals surface area contributed by atoms with E-state index in [-0.39, 0.29) is 0 Å². The van der Waals surface area contributed by atoms with E-state index in [1.165, 1.54) is 44.2 Å². The molecule has 0 saturated heterocycles. The lowest BCUT2D eigenvalue weighted by Crippen LogP contribution is -1.90. The summed E-state index contributed by atoms with van der Waals surface area (Å²) in [6.07, 6.45) is 0. The highest BCUT2D eigenvalue weighted by molar-refractivity contribution is 7.27. The molecule has 0 aromatic heterocycles. The molecule has 0 saturated carbocycles. The van der Waals surface area contributed by atoms with E-state index in [1.54, 1.807) is 0 Å². The first-order valence-corrected chi connectivity index (χ1v) is 8.15. The molecule has 0 fully saturated rings. The van der Waals surface area contributed by atoms with Gasteiger partial charge < -0.3 is 0 Å². The Balaban J connectivity index is 2.12. The predicted molar refractivity (Wildman–Crippen MR) is 101 cm³/mol. The molecule has 0 spiro atoms. The minimum absolute atomic E-state index is 1.21. The summed E-state index contributed by atoms with van der Waals surface area (Å²) in [5.74, 6) is 0. The zero-order chi connectivity index (χ0) is 15.7. The fraction of sp³-hybridized carbons (Fsp3) is 0.143. The average Bonchev–Trinajstić information content (AvgIpc) is 2.46. The van der Waals surface area contributed by atoms with Crippen molar-refractivity contribution >= 4 is 14.5 Å². The van der Waals surface area contributed by atoms with Gasteiger partial charge in [-0.15, -0.1) is 9.24 Å². The summed E-state index contributed by atoms with van der Waals surface area (Å²) < 4.78 is 0. The summed E-state index contributed by atoms with van der Waals surface area (Å²) >= 11 is 0. The van der Waals surface area contributed by atoms with E-state index in [0.29, 0.717) is 0 Å². The van der Waals surface area contributed by atoms with Crippen molar-refractivity contribution in [3.63, 3.8) is 0 Å². The van der Waals surface area contributed by atoms with Crippen LogP contribution in [0.15, 0.2) is 60.7 Å². The third-order valence-corrected chi connectivity index (χ3v) is 4.26. The molecule has 3 aromatic rings. The van der Waals surface area contributed by atoms with Crippen LogP contribution in [0.25, 0.3) is 22.3 Å². The van der Waals surface area contributed by atoms with E-state index in [0.717, 1.165) is 0 Å². The smallest absolute Gasteiger partial charge is 0.0175 e. The molecule has 0 bridgehead atoms. The molecule has 1 atom stereocenters. The molecule has 0 radical (unpaired) electrons. The highest BCUT2D eigenvalue weighted by Crippen LogP contribution is 2.29. The normalized spacial score (nSPS) is 10.7. The monoisotopic (exact) mass is 304 g/mol. The van der Waals surface area contributed by atoms with Crippen LogP contribution < -0.4 is 5.30 Å². The SMILES string of the molecule is Cc1cc(C)cc(-c2cc(C)cc(-c3ccc(P)cc3)c2)c1. The van der Waals surface area contributed by atoms with Crippen LogP contribution in [0.3, 0.4) is 0 Å². The predicted octanol–water partition coefficient (Wildman–Crippen LogP) is 5.45. The van der Waals surface area contributed by atoms with E-state index in [2.05, 4.69) is 90.7 Å². The lowest BCUT2D eigenvalue weighted by atomic mass is 9.95. The molecule has 0 aliphatic heterocycles. The summed E-state index contributed by atoms with van der Waals surface area (Å²) in [7, 11) is 2.74. The second-order valence-corrected chi connectivity index (χ2v) is 6.75. The van der Waals surface area contributed by atoms with Crippen molar-refractivity contribution in [2.75, 3.05) is 0 Å². The van der Waals surface area contributed by atoms with Crippen molar-refractivity contribution in [1.82, 2.24) is 0 Å². The van der Waals surface area contributed by atoms with E-state index in [4.69, 9.17) is 0 Å². The van der Waals surface area contributed by atoms with Gasteiger partial charge in [-0.3, -0.25) is 0 Å². The second-order valence-electron chi connectivity index (χ2n) is 6.09. The van der Waals surface area contributed by atoms with Gasteiger partial charge in [0.2, 0.25) is 0 Å². The van der Waals surface area contributed by atoms with Gasteiger partial charge in [-0.1, -0.05) is 65.7 Å². The van der Waals surface area contributed by atoms with Crippen LogP contribution in [0, 0.1) is 20.8 Å². The van der Waals surface area contributed by atoms with Gasteiger partial charge in [-0.05, 0) is 60.0 Å². The standard InChI is InChI=1S/C21H21P/c1-14-8-15(2)10-18(9-14)20-12-16(3)11-19(13-20)17-4-6-21(22)7-5-17/h4-13H,22H2,1-3H3. The highest BCUT2D eigenvalue weighted by atomic mass is 31.0. The maximum absolute atomic E-state index is 2.74. The van der Waals surface area contributed by atoms with E-state index in [1.807, 2.05) is 0 Å². The summed E-state index contributed by atoms with van der Waals surface area (Å²) in [6, 6.07) is 22.2. The molecule has 3 rings (SSSR count). The lowest BCUT2D eigenvalue weighted by molar-refractivity contribution is 1.38. The molecule has 1 unspecified atom stereocenters. The molecule has 0 N–H and O–H groups in total. The van der Waals surface area contributed by atoms with Gasteiger partial charge >= 0.3 is 0 Å². The molecule has 3 aromatic carbocycles. The summed E-state index contributed by atoms with van der Waals surface area (Å²) in [4.78, 5) is 0. The first kappa shape index (κ1) is 15.0. The number of hydrogen-bond acceptors (Lipinski definition) is 0. The van der Waals surface area contributed by atoms with Gasteiger partial charge in [0, 0.05) is 0 Å². The number of hydrogen-bond donors (Lipinski definition) is 0. The van der Waals surface area contributed by atoms with E-state index >= 15 is 0 Å². The summed E-state index contributed by atoms with van der Waals surface area (Å²) in [5.41, 5.74) is 9.04. The summed E-state index contributed by atoms with van der Waals surface area (Å²) in [5, 5.41) is 1.21. The molecule has 0 heterocycles. The van der Waals surface area contributed by atoms with E-state index in [9.17, 15) is 0 Å². The molecule has 0 aliphatic carbocycles. The van der Waals surface area contributed by atoms with Crippen LogP contribution in [-0.4, -0.2) is 0 Å². The molecule has 110 valence electrons. The van der Waals surface area contributed by atoms with Crippen LogP contribution in [0.5, 0.6) is 0 Å². The highest BCUT2D eigenvalue weighted by Gasteiger charge is 2.05. The third kappa shape index (κ3) is 3.29. The van der Waals surface area contributed by atoms with Crippen molar-refractivity contribution in [3.05, 3.63) is 77.4 Å². The van der Waals surface area contributed by atoms with Crippen molar-refractivity contribution < 1.29 is 0 Å². The van der Waals surface area contributed by atoms with Crippen LogP contribution >= 0.6 is 9.24 Å². The van der Waals surface area contributed by atoms with Gasteiger partial charge in [-0.25, -0.2) is 0 Å². The van der Waals surface area contributed by atoms with Crippen molar-refractivity contribution in [2.24, 2.45) is 0 Å². The molecular formula is C21H21P. The zero-order valence-electron chi connectivity index (χ0n) is 13.4. The Kier molecular flexibility index (Phi) is 4.14. The van der Waals surface area contributed by atoms with Crippen LogP contribution in [-0.2, 0) is 0 Å². The van der Waals surface area contributed by atoms with Crippen molar-refractivity contribution in [1.29, 1.82) is 0 Å². The Morgan fingerprint density at radius 3 is 1.45 bits per heavy atom. The Hall–Kier alpha value is -1.91. The first-order chi connectivity index (χ1) is 10.5. The number of aryl methyl sites for hydroxylation is 3. The average molecular weight is 304 g/mol. The Morgan fingerprint density at radius 2 is 0.909 bits per heavy atom. The zero-order valence-corrected chi connectivity index (χ0v) is 14.5. The van der Waals surface area contributed by atoms with Crippen LogP contribution in [0.1, 0.15) is 16.7 Å². The lowest BCUT2D eigenvalue weighted by Gasteiger charge is -2.10. The van der Waals surface area contributed by atoms with Crippen molar-refractivity contribution in [3.8, 4) is 22.3 Å². The molecule has 0 aliphatic rings. The quantitative estimate of drug-likeness (QED) is 0.553. The Labute approximate surface area is 135 Å². The van der Waals surface area contributed by atoms with Gasteiger partial charge in [0.25, 0.3) is 0 Å². The van der Waals surface area contributed by atoms with E-state index < -0.39 is 0 Å². The largest absolute Gasteiger partial charge is 0.106 e.